The first-order valence-corrected chi connectivity index (χ1v) is 8.73. The van der Waals surface area contributed by atoms with E-state index in [1.807, 2.05) is 24.3 Å². The summed E-state index contributed by atoms with van der Waals surface area (Å²) in [6.07, 6.45) is 0.483. The second kappa shape index (κ2) is 9.67. The molecule has 2 aromatic carbocycles. The van der Waals surface area contributed by atoms with E-state index >= 15 is 0 Å². The maximum absolute atomic E-state index is 13.5. The second-order valence-electron chi connectivity index (χ2n) is 5.76. The number of hydrogen-bond donors (Lipinski definition) is 2. The summed E-state index contributed by atoms with van der Waals surface area (Å²) in [6.45, 7) is 6.80. The lowest BCUT2D eigenvalue weighted by Gasteiger charge is -2.21. The Labute approximate surface area is 149 Å². The van der Waals surface area contributed by atoms with Gasteiger partial charge in [0, 0.05) is 31.0 Å². The number of nitrogens with zero attached hydrogens (tertiary/aromatic N) is 1. The first kappa shape index (κ1) is 18.8. The highest BCUT2D eigenvalue weighted by Gasteiger charge is 2.05. The third-order valence-corrected chi connectivity index (χ3v) is 4.12. The van der Waals surface area contributed by atoms with Crippen LogP contribution in [0.25, 0.3) is 0 Å². The minimum absolute atomic E-state index is 0.107. The molecule has 4 nitrogen and oxygen atoms in total. The Kier molecular flexibility index (Phi) is 7.26. The highest BCUT2D eigenvalue weighted by atomic mass is 19.1. The number of carbonyl (C=O) groups excluding carboxylic acids is 1. The Bertz CT molecular complexity index is 669. The molecule has 1 amide bonds. The maximum atomic E-state index is 13.5. The molecule has 2 rings (SSSR count). The van der Waals surface area contributed by atoms with Crippen LogP contribution in [-0.4, -0.2) is 32.1 Å². The van der Waals surface area contributed by atoms with Crippen molar-refractivity contribution in [1.29, 1.82) is 0 Å². The van der Waals surface area contributed by atoms with E-state index in [1.54, 1.807) is 18.2 Å². The van der Waals surface area contributed by atoms with Crippen LogP contribution in [-0.2, 0) is 11.2 Å². The molecule has 0 fully saturated rings. The molecule has 0 spiro atoms. The molecule has 2 aromatic rings. The number of hydrogen-bond acceptors (Lipinski definition) is 3. The summed E-state index contributed by atoms with van der Waals surface area (Å²) in [7, 11) is 0. The molecule has 25 heavy (non-hydrogen) atoms. The van der Waals surface area contributed by atoms with Crippen LogP contribution >= 0.6 is 0 Å². The normalized spacial score (nSPS) is 10.4. The molecule has 0 unspecified atom stereocenters. The van der Waals surface area contributed by atoms with E-state index in [-0.39, 0.29) is 18.3 Å². The lowest BCUT2D eigenvalue weighted by molar-refractivity contribution is -0.119. The molecule has 0 aromatic heterocycles. The first-order valence-electron chi connectivity index (χ1n) is 8.73. The van der Waals surface area contributed by atoms with E-state index in [0.29, 0.717) is 18.5 Å². The number of halogens is 1. The zero-order valence-electron chi connectivity index (χ0n) is 14.9. The molecule has 0 radical (unpaired) electrons. The molecule has 2 N–H and O–H groups in total. The Balaban J connectivity index is 1.73. The van der Waals surface area contributed by atoms with Crippen molar-refractivity contribution in [3.8, 4) is 0 Å². The summed E-state index contributed by atoms with van der Waals surface area (Å²) in [6, 6.07) is 14.7. The highest BCUT2D eigenvalue weighted by molar-refractivity contribution is 5.80. The zero-order chi connectivity index (χ0) is 18.1. The number of carbonyl (C=O) groups is 1. The van der Waals surface area contributed by atoms with Crippen molar-refractivity contribution in [2.24, 2.45) is 0 Å². The summed E-state index contributed by atoms with van der Waals surface area (Å²) in [5.74, 6) is -0.340. The molecule has 0 heterocycles. The third-order valence-electron chi connectivity index (χ3n) is 4.12. The van der Waals surface area contributed by atoms with Crippen LogP contribution in [0.5, 0.6) is 0 Å². The Morgan fingerprint density at radius 2 is 1.72 bits per heavy atom. The molecular weight excluding hydrogens is 317 g/mol. The fourth-order valence-corrected chi connectivity index (χ4v) is 2.66. The van der Waals surface area contributed by atoms with Gasteiger partial charge in [-0.15, -0.1) is 0 Å². The summed E-state index contributed by atoms with van der Waals surface area (Å²) < 4.78 is 13.5. The monoisotopic (exact) mass is 343 g/mol. The van der Waals surface area contributed by atoms with Gasteiger partial charge in [0.15, 0.2) is 0 Å². The van der Waals surface area contributed by atoms with Gasteiger partial charge in [-0.05, 0) is 56.2 Å². The lowest BCUT2D eigenvalue weighted by atomic mass is 10.1. The van der Waals surface area contributed by atoms with E-state index in [2.05, 4.69) is 29.4 Å². The van der Waals surface area contributed by atoms with Gasteiger partial charge < -0.3 is 15.5 Å². The van der Waals surface area contributed by atoms with Gasteiger partial charge >= 0.3 is 0 Å². The molecule has 0 aliphatic heterocycles. The van der Waals surface area contributed by atoms with E-state index in [1.165, 1.54) is 11.8 Å². The summed E-state index contributed by atoms with van der Waals surface area (Å²) in [5, 5.41) is 5.90. The molecule has 5 heteroatoms. The zero-order valence-corrected chi connectivity index (χ0v) is 14.9. The van der Waals surface area contributed by atoms with Gasteiger partial charge in [-0.2, -0.15) is 0 Å². The summed E-state index contributed by atoms with van der Waals surface area (Å²) in [4.78, 5) is 14.1. The largest absolute Gasteiger partial charge is 0.376 e. The lowest BCUT2D eigenvalue weighted by Crippen LogP contribution is -2.31. The highest BCUT2D eigenvalue weighted by Crippen LogP contribution is 2.17. The number of rotatable bonds is 9. The van der Waals surface area contributed by atoms with Gasteiger partial charge in [-0.25, -0.2) is 4.39 Å². The Morgan fingerprint density at radius 1 is 1.04 bits per heavy atom. The van der Waals surface area contributed by atoms with Crippen molar-refractivity contribution >= 4 is 17.3 Å². The fourth-order valence-electron chi connectivity index (χ4n) is 2.66. The van der Waals surface area contributed by atoms with E-state index in [0.717, 1.165) is 18.8 Å². The predicted octanol–water partition coefficient (Wildman–Crippen LogP) is 3.44. The van der Waals surface area contributed by atoms with Crippen molar-refractivity contribution in [2.45, 2.75) is 20.3 Å². The summed E-state index contributed by atoms with van der Waals surface area (Å²) >= 11 is 0. The quantitative estimate of drug-likeness (QED) is 0.733. The smallest absolute Gasteiger partial charge is 0.239 e. The third kappa shape index (κ3) is 5.78. The van der Waals surface area contributed by atoms with Crippen molar-refractivity contribution in [1.82, 2.24) is 5.32 Å². The van der Waals surface area contributed by atoms with E-state index in [4.69, 9.17) is 0 Å². The SMILES string of the molecule is CCN(CC)c1ccc(NCC(=O)NCCc2ccccc2F)cc1. The van der Waals surface area contributed by atoms with Gasteiger partial charge in [-0.3, -0.25) is 4.79 Å². The number of amides is 1. The second-order valence-corrected chi connectivity index (χ2v) is 5.76. The van der Waals surface area contributed by atoms with Gasteiger partial charge in [0.05, 0.1) is 6.54 Å². The number of anilines is 2. The van der Waals surface area contributed by atoms with Crippen LogP contribution in [0.1, 0.15) is 19.4 Å². The Morgan fingerprint density at radius 3 is 2.36 bits per heavy atom. The van der Waals surface area contributed by atoms with Crippen LogP contribution in [0.4, 0.5) is 15.8 Å². The molecule has 0 aliphatic rings. The van der Waals surface area contributed by atoms with Crippen LogP contribution in [0.15, 0.2) is 48.5 Å². The number of nitrogens with one attached hydrogen (secondary N) is 2. The number of benzene rings is 2. The van der Waals surface area contributed by atoms with Crippen molar-refractivity contribution in [2.75, 3.05) is 36.4 Å². The average molecular weight is 343 g/mol. The van der Waals surface area contributed by atoms with E-state index < -0.39 is 0 Å². The van der Waals surface area contributed by atoms with Crippen molar-refractivity contribution in [3.63, 3.8) is 0 Å². The predicted molar refractivity (Wildman–Crippen MR) is 102 cm³/mol. The van der Waals surface area contributed by atoms with Gasteiger partial charge in [0.1, 0.15) is 5.82 Å². The van der Waals surface area contributed by atoms with Crippen LogP contribution in [0.2, 0.25) is 0 Å². The van der Waals surface area contributed by atoms with Gasteiger partial charge in [0.2, 0.25) is 5.91 Å². The van der Waals surface area contributed by atoms with Crippen molar-refractivity contribution in [3.05, 3.63) is 59.9 Å². The molecule has 0 saturated heterocycles. The summed E-state index contributed by atoms with van der Waals surface area (Å²) in [5.41, 5.74) is 2.69. The van der Waals surface area contributed by atoms with Gasteiger partial charge in [0.25, 0.3) is 0 Å². The van der Waals surface area contributed by atoms with Crippen molar-refractivity contribution < 1.29 is 9.18 Å². The Hall–Kier alpha value is -2.56. The van der Waals surface area contributed by atoms with E-state index in [9.17, 15) is 9.18 Å². The fraction of sp³-hybridized carbons (Fsp3) is 0.350. The van der Waals surface area contributed by atoms with Gasteiger partial charge in [-0.1, -0.05) is 18.2 Å². The van der Waals surface area contributed by atoms with Crippen LogP contribution in [0.3, 0.4) is 0 Å². The molecule has 134 valence electrons. The van der Waals surface area contributed by atoms with Crippen LogP contribution in [0, 0.1) is 5.82 Å². The first-order chi connectivity index (χ1) is 12.1. The minimum Gasteiger partial charge on any atom is -0.376 e. The standard InChI is InChI=1S/C20H26FN3O/c1-3-24(4-2)18-11-9-17(10-12-18)23-15-20(25)22-14-13-16-7-5-6-8-19(16)21/h5-12,23H,3-4,13-15H2,1-2H3,(H,22,25). The molecule has 0 atom stereocenters. The van der Waals surface area contributed by atoms with Crippen LogP contribution < -0.4 is 15.5 Å². The molecular formula is C20H26FN3O. The minimum atomic E-state index is -0.233. The average Bonchev–Trinajstić information content (AvgIpc) is 2.63. The topological polar surface area (TPSA) is 44.4 Å². The molecule has 0 aliphatic carbocycles. The molecule has 0 bridgehead atoms. The maximum Gasteiger partial charge on any atom is 0.239 e. The molecule has 0 saturated carbocycles.